The van der Waals surface area contributed by atoms with Crippen molar-refractivity contribution >= 4 is 68.0 Å². The highest BCUT2D eigenvalue weighted by molar-refractivity contribution is 7.98. The molecule has 2 aromatic heterocycles. The predicted molar refractivity (Wildman–Crippen MR) is 106 cm³/mol. The van der Waals surface area contributed by atoms with Crippen LogP contribution < -0.4 is 5.32 Å². The third kappa shape index (κ3) is 2.99. The number of nitrogens with one attached hydrogen (secondary N) is 1. The van der Waals surface area contributed by atoms with E-state index in [0.717, 1.165) is 34.3 Å². The lowest BCUT2D eigenvalue weighted by Gasteiger charge is -2.13. The van der Waals surface area contributed by atoms with Crippen molar-refractivity contribution in [2.75, 3.05) is 11.6 Å². The van der Waals surface area contributed by atoms with Crippen LogP contribution in [0.5, 0.6) is 0 Å². The summed E-state index contributed by atoms with van der Waals surface area (Å²) in [4.78, 5) is 12.0. The molecular formula is C17H15Cl2N3S2. The fourth-order valence-corrected chi connectivity index (χ4v) is 5.01. The minimum atomic E-state index is 0.532. The van der Waals surface area contributed by atoms with Crippen LogP contribution in [0.3, 0.4) is 0 Å². The molecule has 0 aliphatic heterocycles. The van der Waals surface area contributed by atoms with Crippen molar-refractivity contribution in [2.45, 2.75) is 30.8 Å². The van der Waals surface area contributed by atoms with Gasteiger partial charge in [0, 0.05) is 10.6 Å². The summed E-state index contributed by atoms with van der Waals surface area (Å²) in [5.41, 5.74) is 2.30. The molecule has 3 nitrogen and oxygen atoms in total. The first-order chi connectivity index (χ1) is 11.7. The smallest absolute Gasteiger partial charge is 0.190 e. The fourth-order valence-electron chi connectivity index (χ4n) is 3.03. The second-order valence-corrected chi connectivity index (χ2v) is 8.38. The van der Waals surface area contributed by atoms with Gasteiger partial charge in [0.25, 0.3) is 0 Å². The molecule has 0 saturated carbocycles. The summed E-state index contributed by atoms with van der Waals surface area (Å²) in [6.45, 7) is 0. The SMILES string of the molecule is CSc1nc(Nc2ccc(Cl)c(Cl)c2)c2c3c(sc2n1)CCCC3. The number of nitrogens with zero attached hydrogens (tertiary/aromatic N) is 2. The van der Waals surface area contributed by atoms with Crippen molar-refractivity contribution in [1.29, 1.82) is 0 Å². The average Bonchev–Trinajstić information content (AvgIpc) is 2.96. The van der Waals surface area contributed by atoms with E-state index in [1.165, 1.54) is 28.7 Å². The monoisotopic (exact) mass is 395 g/mol. The van der Waals surface area contributed by atoms with E-state index in [4.69, 9.17) is 33.2 Å². The first kappa shape index (κ1) is 16.5. The summed E-state index contributed by atoms with van der Waals surface area (Å²) in [5, 5.41) is 6.45. The summed E-state index contributed by atoms with van der Waals surface area (Å²) in [7, 11) is 0. The number of thiophene rings is 1. The Bertz CT molecular complexity index is 924. The van der Waals surface area contributed by atoms with Gasteiger partial charge in [0.05, 0.1) is 15.4 Å². The van der Waals surface area contributed by atoms with Crippen molar-refractivity contribution in [3.63, 3.8) is 0 Å². The van der Waals surface area contributed by atoms with Crippen LogP contribution >= 0.6 is 46.3 Å². The Morgan fingerprint density at radius 3 is 2.75 bits per heavy atom. The summed E-state index contributed by atoms with van der Waals surface area (Å²) >= 11 is 15.5. The van der Waals surface area contributed by atoms with Crippen molar-refractivity contribution in [1.82, 2.24) is 9.97 Å². The zero-order chi connectivity index (χ0) is 16.7. The van der Waals surface area contributed by atoms with E-state index in [1.54, 1.807) is 17.8 Å². The molecule has 3 aromatic rings. The van der Waals surface area contributed by atoms with Gasteiger partial charge in [0.1, 0.15) is 10.6 Å². The lowest BCUT2D eigenvalue weighted by atomic mass is 9.97. The van der Waals surface area contributed by atoms with E-state index in [-0.39, 0.29) is 0 Å². The quantitative estimate of drug-likeness (QED) is 0.414. The van der Waals surface area contributed by atoms with Gasteiger partial charge in [-0.25, -0.2) is 9.97 Å². The minimum absolute atomic E-state index is 0.532. The molecule has 0 atom stereocenters. The standard InChI is InChI=1S/C17H15Cl2N3S2/c1-23-17-21-15(20-9-6-7-11(18)12(19)8-9)14-10-4-2-3-5-13(10)24-16(14)22-17/h6-8H,2-5H2,1H3,(H,20,21,22). The molecule has 1 N–H and O–H groups in total. The Kier molecular flexibility index (Phi) is 4.60. The van der Waals surface area contributed by atoms with Gasteiger partial charge in [0.2, 0.25) is 0 Å². The van der Waals surface area contributed by atoms with Gasteiger partial charge < -0.3 is 5.32 Å². The van der Waals surface area contributed by atoms with Crippen LogP contribution in [0.2, 0.25) is 10.0 Å². The first-order valence-corrected chi connectivity index (χ1v) is 10.5. The second-order valence-electron chi connectivity index (χ2n) is 5.70. The van der Waals surface area contributed by atoms with Crippen LogP contribution in [0.4, 0.5) is 11.5 Å². The number of halogens is 2. The number of anilines is 2. The Balaban J connectivity index is 1.85. The van der Waals surface area contributed by atoms with E-state index in [2.05, 4.69) is 5.32 Å². The largest absolute Gasteiger partial charge is 0.339 e. The summed E-state index contributed by atoms with van der Waals surface area (Å²) < 4.78 is 0. The van der Waals surface area contributed by atoms with Crippen LogP contribution in [0.25, 0.3) is 10.2 Å². The fraction of sp³-hybridized carbons (Fsp3) is 0.294. The van der Waals surface area contributed by atoms with Gasteiger partial charge >= 0.3 is 0 Å². The molecule has 4 rings (SSSR count). The zero-order valence-electron chi connectivity index (χ0n) is 13.0. The second kappa shape index (κ2) is 6.71. The Morgan fingerprint density at radius 2 is 1.96 bits per heavy atom. The van der Waals surface area contributed by atoms with Crippen LogP contribution in [-0.4, -0.2) is 16.2 Å². The molecule has 0 bridgehead atoms. The Morgan fingerprint density at radius 1 is 1.12 bits per heavy atom. The Hall–Kier alpha value is -1.01. The maximum Gasteiger partial charge on any atom is 0.190 e. The molecule has 0 radical (unpaired) electrons. The topological polar surface area (TPSA) is 37.8 Å². The number of benzene rings is 1. The molecule has 0 spiro atoms. The molecule has 0 saturated heterocycles. The maximum absolute atomic E-state index is 6.14. The van der Waals surface area contributed by atoms with Crippen LogP contribution in [0, 0.1) is 0 Å². The van der Waals surface area contributed by atoms with E-state index < -0.39 is 0 Å². The molecule has 2 heterocycles. The summed E-state index contributed by atoms with van der Waals surface area (Å²) in [6.07, 6.45) is 6.75. The summed E-state index contributed by atoms with van der Waals surface area (Å²) in [5.74, 6) is 0.863. The van der Waals surface area contributed by atoms with E-state index in [0.29, 0.717) is 10.0 Å². The van der Waals surface area contributed by atoms with Crippen molar-refractivity contribution < 1.29 is 0 Å². The molecule has 7 heteroatoms. The van der Waals surface area contributed by atoms with Crippen LogP contribution in [-0.2, 0) is 12.8 Å². The Labute approximate surface area is 158 Å². The molecule has 1 aromatic carbocycles. The average molecular weight is 396 g/mol. The van der Waals surface area contributed by atoms with E-state index in [1.807, 2.05) is 29.7 Å². The molecule has 0 fully saturated rings. The minimum Gasteiger partial charge on any atom is -0.339 e. The molecule has 124 valence electrons. The lowest BCUT2D eigenvalue weighted by molar-refractivity contribution is 0.700. The third-order valence-corrected chi connectivity index (χ3v) is 6.63. The number of rotatable bonds is 3. The normalized spacial score (nSPS) is 14.0. The molecule has 24 heavy (non-hydrogen) atoms. The number of aromatic nitrogens is 2. The van der Waals surface area contributed by atoms with E-state index >= 15 is 0 Å². The zero-order valence-corrected chi connectivity index (χ0v) is 16.2. The van der Waals surface area contributed by atoms with Crippen molar-refractivity contribution in [2.24, 2.45) is 0 Å². The van der Waals surface area contributed by atoms with Gasteiger partial charge in [-0.3, -0.25) is 0 Å². The first-order valence-electron chi connectivity index (χ1n) is 7.74. The molecule has 0 amide bonds. The van der Waals surface area contributed by atoms with Gasteiger partial charge in [-0.05, 0) is 55.7 Å². The van der Waals surface area contributed by atoms with Crippen molar-refractivity contribution in [3.8, 4) is 0 Å². The van der Waals surface area contributed by atoms with Gasteiger partial charge in [0.15, 0.2) is 5.16 Å². The number of fused-ring (bicyclic) bond motifs is 3. The van der Waals surface area contributed by atoms with E-state index in [9.17, 15) is 0 Å². The number of hydrogen-bond donors (Lipinski definition) is 1. The number of thioether (sulfide) groups is 1. The highest BCUT2D eigenvalue weighted by Crippen LogP contribution is 2.40. The number of hydrogen-bond acceptors (Lipinski definition) is 5. The van der Waals surface area contributed by atoms with Gasteiger partial charge in [-0.2, -0.15) is 0 Å². The number of aryl methyl sites for hydroxylation is 2. The highest BCUT2D eigenvalue weighted by atomic mass is 35.5. The highest BCUT2D eigenvalue weighted by Gasteiger charge is 2.21. The lowest BCUT2D eigenvalue weighted by Crippen LogP contribution is -2.02. The third-order valence-electron chi connectivity index (χ3n) is 4.16. The van der Waals surface area contributed by atoms with Crippen molar-refractivity contribution in [3.05, 3.63) is 38.7 Å². The van der Waals surface area contributed by atoms with Gasteiger partial charge in [-0.1, -0.05) is 35.0 Å². The molecule has 1 aliphatic carbocycles. The van der Waals surface area contributed by atoms with Crippen LogP contribution in [0.1, 0.15) is 23.3 Å². The molecule has 1 aliphatic rings. The van der Waals surface area contributed by atoms with Gasteiger partial charge in [-0.15, -0.1) is 11.3 Å². The molecular weight excluding hydrogens is 381 g/mol. The maximum atomic E-state index is 6.14. The summed E-state index contributed by atoms with van der Waals surface area (Å²) in [6, 6.07) is 5.54. The molecule has 0 unspecified atom stereocenters. The van der Waals surface area contributed by atoms with Crippen LogP contribution in [0.15, 0.2) is 23.4 Å². The predicted octanol–water partition coefficient (Wildman–Crippen LogP) is 6.34.